The Morgan fingerprint density at radius 3 is 2.15 bits per heavy atom. The van der Waals surface area contributed by atoms with Crippen molar-refractivity contribution in [1.82, 2.24) is 5.32 Å². The summed E-state index contributed by atoms with van der Waals surface area (Å²) in [5.41, 5.74) is 2.92. The van der Waals surface area contributed by atoms with E-state index in [9.17, 15) is 9.59 Å². The lowest BCUT2D eigenvalue weighted by atomic mass is 10.0. The highest BCUT2D eigenvalue weighted by Crippen LogP contribution is 2.47. The first-order chi connectivity index (χ1) is 12.4. The maximum atomic E-state index is 12.7. The van der Waals surface area contributed by atoms with Gasteiger partial charge in [0, 0.05) is 12.2 Å². The van der Waals surface area contributed by atoms with E-state index in [-0.39, 0.29) is 11.8 Å². The van der Waals surface area contributed by atoms with E-state index in [0.29, 0.717) is 19.4 Å². The third kappa shape index (κ3) is 3.87. The number of amides is 2. The highest BCUT2D eigenvalue weighted by atomic mass is 16.5. The fourth-order valence-electron chi connectivity index (χ4n) is 3.07. The Bertz CT molecular complexity index is 803. The number of hydrogen-bond acceptors (Lipinski definition) is 3. The number of carbonyl (C=O) groups excluding carboxylic acids is 2. The minimum Gasteiger partial charge on any atom is -0.497 e. The minimum atomic E-state index is -0.940. The molecule has 2 aromatic carbocycles. The van der Waals surface area contributed by atoms with Gasteiger partial charge in [0.1, 0.15) is 11.2 Å². The molecule has 2 aromatic rings. The molecule has 3 rings (SSSR count). The maximum Gasteiger partial charge on any atom is 0.240 e. The molecule has 1 aliphatic carbocycles. The summed E-state index contributed by atoms with van der Waals surface area (Å²) in [5, 5.41) is 5.79. The second-order valence-corrected chi connectivity index (χ2v) is 6.94. The molecule has 0 bridgehead atoms. The molecule has 0 radical (unpaired) electrons. The van der Waals surface area contributed by atoms with Crippen LogP contribution in [0.5, 0.6) is 5.75 Å². The summed E-state index contributed by atoms with van der Waals surface area (Å²) >= 11 is 0. The average Bonchev–Trinajstić information content (AvgIpc) is 3.41. The number of ether oxygens (including phenoxy) is 1. The standard InChI is InChI=1S/C21H24N2O3/c1-14-10-15(2)12-17(11-14)23-20(25)21(8-9-21)19(24)22-13-16-4-6-18(26-3)7-5-16/h4-7,10-12H,8-9,13H2,1-3H3,(H,22,24)(H,23,25). The third-order valence-electron chi connectivity index (χ3n) is 4.71. The van der Waals surface area contributed by atoms with Gasteiger partial charge in [0.2, 0.25) is 11.8 Å². The van der Waals surface area contributed by atoms with Crippen LogP contribution in [-0.2, 0) is 16.1 Å². The Kier molecular flexibility index (Phi) is 4.98. The number of carbonyl (C=O) groups is 2. The second kappa shape index (κ2) is 7.20. The quantitative estimate of drug-likeness (QED) is 0.784. The number of rotatable bonds is 6. The van der Waals surface area contributed by atoms with E-state index in [2.05, 4.69) is 10.6 Å². The SMILES string of the molecule is COc1ccc(CNC(=O)C2(C(=O)Nc3cc(C)cc(C)c3)CC2)cc1. The molecular formula is C21H24N2O3. The molecule has 0 saturated heterocycles. The van der Waals surface area contributed by atoms with Crippen molar-refractivity contribution in [2.75, 3.05) is 12.4 Å². The van der Waals surface area contributed by atoms with E-state index in [1.165, 1.54) is 0 Å². The molecule has 0 atom stereocenters. The van der Waals surface area contributed by atoms with E-state index in [0.717, 1.165) is 28.1 Å². The summed E-state index contributed by atoms with van der Waals surface area (Å²) < 4.78 is 5.12. The smallest absolute Gasteiger partial charge is 0.240 e. The van der Waals surface area contributed by atoms with Crippen LogP contribution in [0.15, 0.2) is 42.5 Å². The molecule has 0 spiro atoms. The molecule has 136 valence electrons. The van der Waals surface area contributed by atoms with E-state index in [1.54, 1.807) is 7.11 Å². The van der Waals surface area contributed by atoms with Crippen molar-refractivity contribution in [3.8, 4) is 5.75 Å². The van der Waals surface area contributed by atoms with Crippen LogP contribution < -0.4 is 15.4 Å². The van der Waals surface area contributed by atoms with Crippen LogP contribution in [0.2, 0.25) is 0 Å². The predicted molar refractivity (Wildman–Crippen MR) is 101 cm³/mol. The van der Waals surface area contributed by atoms with Crippen molar-refractivity contribution >= 4 is 17.5 Å². The number of hydrogen-bond donors (Lipinski definition) is 2. The van der Waals surface area contributed by atoms with Crippen LogP contribution in [0, 0.1) is 19.3 Å². The molecular weight excluding hydrogens is 328 g/mol. The molecule has 1 aliphatic rings. The molecule has 0 aromatic heterocycles. The minimum absolute atomic E-state index is 0.213. The summed E-state index contributed by atoms with van der Waals surface area (Å²) in [4.78, 5) is 25.3. The van der Waals surface area contributed by atoms with Gasteiger partial charge in [0.05, 0.1) is 7.11 Å². The highest BCUT2D eigenvalue weighted by Gasteiger charge is 2.56. The topological polar surface area (TPSA) is 67.4 Å². The molecule has 1 saturated carbocycles. The highest BCUT2D eigenvalue weighted by molar-refractivity contribution is 6.13. The van der Waals surface area contributed by atoms with Crippen molar-refractivity contribution in [3.05, 3.63) is 59.2 Å². The van der Waals surface area contributed by atoms with Gasteiger partial charge in [-0.2, -0.15) is 0 Å². The zero-order chi connectivity index (χ0) is 18.7. The Morgan fingerprint density at radius 1 is 1.00 bits per heavy atom. The van der Waals surface area contributed by atoms with Gasteiger partial charge in [-0.15, -0.1) is 0 Å². The first kappa shape index (κ1) is 18.0. The molecule has 0 unspecified atom stereocenters. The average molecular weight is 352 g/mol. The number of nitrogens with one attached hydrogen (secondary N) is 2. The molecule has 2 N–H and O–H groups in total. The Labute approximate surface area is 153 Å². The van der Waals surface area contributed by atoms with Crippen LogP contribution in [0.4, 0.5) is 5.69 Å². The molecule has 2 amide bonds. The summed E-state index contributed by atoms with van der Waals surface area (Å²) in [7, 11) is 1.61. The van der Waals surface area contributed by atoms with E-state index in [1.807, 2.05) is 56.3 Å². The van der Waals surface area contributed by atoms with E-state index >= 15 is 0 Å². The van der Waals surface area contributed by atoms with Crippen LogP contribution in [0.1, 0.15) is 29.5 Å². The van der Waals surface area contributed by atoms with Gasteiger partial charge >= 0.3 is 0 Å². The summed E-state index contributed by atoms with van der Waals surface area (Å²) in [5.74, 6) is 0.330. The lowest BCUT2D eigenvalue weighted by Crippen LogP contribution is -2.39. The van der Waals surface area contributed by atoms with Gasteiger partial charge in [-0.1, -0.05) is 18.2 Å². The first-order valence-electron chi connectivity index (χ1n) is 8.74. The van der Waals surface area contributed by atoms with Gasteiger partial charge in [-0.05, 0) is 67.6 Å². The maximum absolute atomic E-state index is 12.7. The van der Waals surface area contributed by atoms with Crippen molar-refractivity contribution < 1.29 is 14.3 Å². The lowest BCUT2D eigenvalue weighted by Gasteiger charge is -2.16. The zero-order valence-corrected chi connectivity index (χ0v) is 15.4. The molecule has 1 fully saturated rings. The predicted octanol–water partition coefficient (Wildman–Crippen LogP) is 3.35. The van der Waals surface area contributed by atoms with Crippen LogP contribution >= 0.6 is 0 Å². The second-order valence-electron chi connectivity index (χ2n) is 6.94. The largest absolute Gasteiger partial charge is 0.497 e. The molecule has 0 aliphatic heterocycles. The normalized spacial score (nSPS) is 14.4. The third-order valence-corrected chi connectivity index (χ3v) is 4.71. The molecule has 26 heavy (non-hydrogen) atoms. The molecule has 0 heterocycles. The fourth-order valence-corrected chi connectivity index (χ4v) is 3.07. The van der Waals surface area contributed by atoms with Gasteiger partial charge < -0.3 is 15.4 Å². The summed E-state index contributed by atoms with van der Waals surface area (Å²) in [6, 6.07) is 13.4. The number of methoxy groups -OCH3 is 1. The zero-order valence-electron chi connectivity index (χ0n) is 15.4. The van der Waals surface area contributed by atoms with Gasteiger partial charge in [0.25, 0.3) is 0 Å². The number of benzene rings is 2. The van der Waals surface area contributed by atoms with E-state index in [4.69, 9.17) is 4.74 Å². The Morgan fingerprint density at radius 2 is 1.62 bits per heavy atom. The monoisotopic (exact) mass is 352 g/mol. The van der Waals surface area contributed by atoms with Gasteiger partial charge in [-0.3, -0.25) is 9.59 Å². The number of aryl methyl sites for hydroxylation is 2. The van der Waals surface area contributed by atoms with Crippen LogP contribution in [0.3, 0.4) is 0 Å². The number of anilines is 1. The van der Waals surface area contributed by atoms with Crippen molar-refractivity contribution in [1.29, 1.82) is 0 Å². The van der Waals surface area contributed by atoms with E-state index < -0.39 is 5.41 Å². The summed E-state index contributed by atoms with van der Waals surface area (Å²) in [6.07, 6.45) is 1.16. The lowest BCUT2D eigenvalue weighted by molar-refractivity contribution is -0.134. The van der Waals surface area contributed by atoms with Gasteiger partial charge in [0.15, 0.2) is 0 Å². The van der Waals surface area contributed by atoms with Gasteiger partial charge in [-0.25, -0.2) is 0 Å². The Balaban J connectivity index is 1.61. The fraction of sp³-hybridized carbons (Fsp3) is 0.333. The van der Waals surface area contributed by atoms with Crippen LogP contribution in [-0.4, -0.2) is 18.9 Å². The molecule has 5 heteroatoms. The molecule has 5 nitrogen and oxygen atoms in total. The van der Waals surface area contributed by atoms with Crippen molar-refractivity contribution in [3.63, 3.8) is 0 Å². The Hall–Kier alpha value is -2.82. The summed E-state index contributed by atoms with van der Waals surface area (Å²) in [6.45, 7) is 4.36. The van der Waals surface area contributed by atoms with Crippen molar-refractivity contribution in [2.45, 2.75) is 33.2 Å². The van der Waals surface area contributed by atoms with Crippen LogP contribution in [0.25, 0.3) is 0 Å². The first-order valence-corrected chi connectivity index (χ1v) is 8.74. The van der Waals surface area contributed by atoms with Crippen molar-refractivity contribution in [2.24, 2.45) is 5.41 Å².